The molecule has 4 aromatic rings. The number of carbonyl (C=O) groups excluding carboxylic acids is 2. The molecule has 222 valence electrons. The number of nitrogens with zero attached hydrogens (tertiary/aromatic N) is 3. The number of hydrogen-bond donors (Lipinski definition) is 1. The fourth-order valence-electron chi connectivity index (χ4n) is 5.28. The van der Waals surface area contributed by atoms with Gasteiger partial charge in [0.05, 0.1) is 22.4 Å². The molecular weight excluding hydrogens is 567 g/mol. The number of halogens is 1. The highest BCUT2D eigenvalue weighted by atomic mass is 32.2. The lowest BCUT2D eigenvalue weighted by molar-refractivity contribution is -0.123. The summed E-state index contributed by atoms with van der Waals surface area (Å²) in [5, 5.41) is 7.77. The van der Waals surface area contributed by atoms with Crippen molar-refractivity contribution >= 4 is 29.4 Å². The molecule has 3 aromatic carbocycles. The van der Waals surface area contributed by atoms with Crippen molar-refractivity contribution < 1.29 is 23.5 Å². The zero-order chi connectivity index (χ0) is 30.3. The number of hydrogen-bond acceptors (Lipinski definition) is 6. The molecule has 3 heterocycles. The number of fused-ring (bicyclic) bond motifs is 2. The number of aromatic nitrogens is 2. The minimum Gasteiger partial charge on any atom is -0.454 e. The van der Waals surface area contributed by atoms with Gasteiger partial charge in [0.2, 0.25) is 18.6 Å². The molecule has 0 radical (unpaired) electrons. The van der Waals surface area contributed by atoms with Crippen molar-refractivity contribution in [2.45, 2.75) is 44.9 Å². The van der Waals surface area contributed by atoms with Gasteiger partial charge in [0.15, 0.2) is 11.5 Å². The van der Waals surface area contributed by atoms with Crippen molar-refractivity contribution in [3.8, 4) is 17.2 Å². The van der Waals surface area contributed by atoms with Gasteiger partial charge < -0.3 is 14.8 Å². The van der Waals surface area contributed by atoms with E-state index in [4.69, 9.17) is 14.6 Å². The first-order valence-corrected chi connectivity index (χ1v) is 15.2. The van der Waals surface area contributed by atoms with Crippen LogP contribution in [-0.4, -0.2) is 40.7 Å². The van der Waals surface area contributed by atoms with Gasteiger partial charge in [-0.2, -0.15) is 5.10 Å². The van der Waals surface area contributed by atoms with Crippen LogP contribution in [0.25, 0.3) is 5.69 Å². The number of rotatable bonds is 6. The van der Waals surface area contributed by atoms with Crippen LogP contribution in [0.1, 0.15) is 54.0 Å². The summed E-state index contributed by atoms with van der Waals surface area (Å²) in [6.07, 6.45) is 0. The van der Waals surface area contributed by atoms with Gasteiger partial charge >= 0.3 is 0 Å². The predicted octanol–water partition coefficient (Wildman–Crippen LogP) is 5.83. The Morgan fingerprint density at radius 3 is 2.49 bits per heavy atom. The summed E-state index contributed by atoms with van der Waals surface area (Å²) in [5.74, 6) is 1.22. The Morgan fingerprint density at radius 1 is 1.05 bits per heavy atom. The molecule has 6 rings (SSSR count). The first kappa shape index (κ1) is 28.8. The van der Waals surface area contributed by atoms with Gasteiger partial charge in [-0.15, -0.1) is 11.8 Å². The van der Waals surface area contributed by atoms with Crippen LogP contribution in [0, 0.1) is 12.7 Å². The SMILES string of the molecule is Cc1ccc(-n2nc(C(C)(C)C)c3c2N(CC(=O)NCc2ccc(F)cc2)C(=O)CSC3c2ccc3c(c2)OCO3)cc1. The lowest BCUT2D eigenvalue weighted by Crippen LogP contribution is -2.42. The second kappa shape index (κ2) is 11.4. The third-order valence-corrected chi connectivity index (χ3v) is 8.74. The van der Waals surface area contributed by atoms with Gasteiger partial charge in [-0.25, -0.2) is 9.07 Å². The van der Waals surface area contributed by atoms with Crippen molar-refractivity contribution in [2.75, 3.05) is 24.0 Å². The average molecular weight is 601 g/mol. The average Bonchev–Trinajstić information content (AvgIpc) is 3.58. The lowest BCUT2D eigenvalue weighted by atomic mass is 9.87. The van der Waals surface area contributed by atoms with E-state index in [0.717, 1.165) is 33.6 Å². The van der Waals surface area contributed by atoms with Gasteiger partial charge in [-0.3, -0.25) is 14.5 Å². The number of aryl methyl sites for hydroxylation is 1. The lowest BCUT2D eigenvalue weighted by Gasteiger charge is -2.24. The summed E-state index contributed by atoms with van der Waals surface area (Å²) in [6.45, 7) is 8.51. The van der Waals surface area contributed by atoms with Gasteiger partial charge in [0, 0.05) is 17.5 Å². The van der Waals surface area contributed by atoms with E-state index in [1.807, 2.05) is 49.4 Å². The predicted molar refractivity (Wildman–Crippen MR) is 164 cm³/mol. The molecule has 0 saturated carbocycles. The molecule has 0 saturated heterocycles. The molecule has 1 unspecified atom stereocenters. The molecule has 1 aromatic heterocycles. The Morgan fingerprint density at radius 2 is 1.77 bits per heavy atom. The number of benzene rings is 3. The fraction of sp³-hybridized carbons (Fsp3) is 0.303. The van der Waals surface area contributed by atoms with Crippen LogP contribution in [0.5, 0.6) is 11.5 Å². The second-order valence-corrected chi connectivity index (χ2v) is 12.9. The molecule has 0 fully saturated rings. The number of anilines is 1. The number of ether oxygens (including phenoxy) is 2. The van der Waals surface area contributed by atoms with Crippen LogP contribution in [0.3, 0.4) is 0 Å². The van der Waals surface area contributed by atoms with Crippen molar-refractivity contribution in [2.24, 2.45) is 0 Å². The monoisotopic (exact) mass is 600 g/mol. The number of nitrogens with one attached hydrogen (secondary N) is 1. The largest absolute Gasteiger partial charge is 0.454 e. The van der Waals surface area contributed by atoms with E-state index in [0.29, 0.717) is 17.3 Å². The Hall–Kier alpha value is -4.31. The quantitative estimate of drug-likeness (QED) is 0.300. The number of thioether (sulfide) groups is 1. The Bertz CT molecular complexity index is 1680. The van der Waals surface area contributed by atoms with Crippen LogP contribution in [-0.2, 0) is 21.5 Å². The smallest absolute Gasteiger partial charge is 0.240 e. The van der Waals surface area contributed by atoms with Crippen LogP contribution < -0.4 is 19.7 Å². The highest BCUT2D eigenvalue weighted by Gasteiger charge is 2.40. The fourth-order valence-corrected chi connectivity index (χ4v) is 6.47. The maximum Gasteiger partial charge on any atom is 0.240 e. The molecule has 0 aliphatic carbocycles. The third-order valence-electron chi connectivity index (χ3n) is 7.48. The van der Waals surface area contributed by atoms with Gasteiger partial charge in [0.25, 0.3) is 0 Å². The Kier molecular flexibility index (Phi) is 7.64. The van der Waals surface area contributed by atoms with E-state index < -0.39 is 0 Å². The van der Waals surface area contributed by atoms with E-state index in [2.05, 4.69) is 26.1 Å². The van der Waals surface area contributed by atoms with Crippen LogP contribution in [0.2, 0.25) is 0 Å². The molecule has 2 amide bonds. The van der Waals surface area contributed by atoms with Crippen LogP contribution in [0.4, 0.5) is 10.2 Å². The minimum atomic E-state index is -0.376. The van der Waals surface area contributed by atoms with E-state index in [1.54, 1.807) is 21.7 Å². The summed E-state index contributed by atoms with van der Waals surface area (Å²) in [7, 11) is 0. The molecule has 1 atom stereocenters. The zero-order valence-corrected chi connectivity index (χ0v) is 25.3. The molecule has 8 nitrogen and oxygen atoms in total. The minimum absolute atomic E-state index is 0.163. The summed E-state index contributed by atoms with van der Waals surface area (Å²) in [4.78, 5) is 28.8. The molecule has 2 aliphatic rings. The van der Waals surface area contributed by atoms with E-state index in [1.165, 1.54) is 23.9 Å². The highest BCUT2D eigenvalue weighted by Crippen LogP contribution is 2.49. The van der Waals surface area contributed by atoms with Crippen LogP contribution in [0.15, 0.2) is 66.7 Å². The summed E-state index contributed by atoms with van der Waals surface area (Å²) < 4.78 is 26.4. The summed E-state index contributed by atoms with van der Waals surface area (Å²) in [6, 6.07) is 19.8. The normalized spacial score (nSPS) is 16.2. The van der Waals surface area contributed by atoms with E-state index >= 15 is 0 Å². The van der Waals surface area contributed by atoms with Gasteiger partial charge in [0.1, 0.15) is 18.2 Å². The number of amides is 2. The standard InChI is InChI=1S/C33H33FN4O4S/c1-20-5-12-24(13-6-20)38-32-29(31(36-38)33(2,3)4)30(22-9-14-25-26(15-22)42-19-41-25)43-18-28(40)37(32)17-27(39)35-16-21-7-10-23(34)11-8-21/h5-15,30H,16-19H2,1-4H3,(H,35,39). The molecule has 1 N–H and O–H groups in total. The van der Waals surface area contributed by atoms with Gasteiger partial charge in [-0.1, -0.05) is 56.7 Å². The van der Waals surface area contributed by atoms with Crippen LogP contribution >= 0.6 is 11.8 Å². The van der Waals surface area contributed by atoms with Crippen molar-refractivity contribution in [1.29, 1.82) is 0 Å². The molecule has 43 heavy (non-hydrogen) atoms. The Balaban J connectivity index is 1.46. The summed E-state index contributed by atoms with van der Waals surface area (Å²) >= 11 is 1.51. The Labute approximate surface area is 254 Å². The third kappa shape index (κ3) is 5.84. The molecule has 0 bridgehead atoms. The molecular formula is C33H33FN4O4S. The van der Waals surface area contributed by atoms with Crippen molar-refractivity contribution in [1.82, 2.24) is 15.1 Å². The maximum atomic E-state index is 13.9. The molecule has 2 aliphatic heterocycles. The first-order chi connectivity index (χ1) is 20.6. The van der Waals surface area contributed by atoms with Crippen molar-refractivity contribution in [3.05, 3.63) is 100 Å². The highest BCUT2D eigenvalue weighted by molar-refractivity contribution is 8.00. The van der Waals surface area contributed by atoms with E-state index in [-0.39, 0.29) is 53.9 Å². The first-order valence-electron chi connectivity index (χ1n) is 14.1. The number of carbonyl (C=O) groups is 2. The topological polar surface area (TPSA) is 85.7 Å². The van der Waals surface area contributed by atoms with Gasteiger partial charge in [-0.05, 0) is 54.4 Å². The summed E-state index contributed by atoms with van der Waals surface area (Å²) in [5.41, 5.74) is 4.95. The molecule has 10 heteroatoms. The maximum absolute atomic E-state index is 13.9. The second-order valence-electron chi connectivity index (χ2n) is 11.8. The zero-order valence-electron chi connectivity index (χ0n) is 24.5. The van der Waals surface area contributed by atoms with E-state index in [9.17, 15) is 14.0 Å². The van der Waals surface area contributed by atoms with Crippen molar-refractivity contribution in [3.63, 3.8) is 0 Å². The molecule has 0 spiro atoms.